The third kappa shape index (κ3) is 1.27. The number of rotatable bonds is 3. The molecule has 2 aliphatic carbocycles. The molecule has 0 aromatic rings. The number of hydrogen-bond acceptors (Lipinski definition) is 3. The van der Waals surface area contributed by atoms with Gasteiger partial charge in [-0.15, -0.1) is 0 Å². The lowest BCUT2D eigenvalue weighted by atomic mass is 9.64. The van der Waals surface area contributed by atoms with E-state index in [1.807, 2.05) is 6.92 Å². The van der Waals surface area contributed by atoms with E-state index in [4.69, 9.17) is 5.73 Å². The highest BCUT2D eigenvalue weighted by Crippen LogP contribution is 2.70. The summed E-state index contributed by atoms with van der Waals surface area (Å²) >= 11 is 0. The van der Waals surface area contributed by atoms with Crippen LogP contribution in [0.4, 0.5) is 0 Å². The van der Waals surface area contributed by atoms with Crippen molar-refractivity contribution in [1.29, 1.82) is 0 Å². The molecule has 2 rings (SSSR count). The van der Waals surface area contributed by atoms with Crippen LogP contribution in [0.3, 0.4) is 0 Å². The number of nitrogens with one attached hydrogen (secondary N) is 1. The first-order valence-corrected chi connectivity index (χ1v) is 6.33. The molecule has 17 heavy (non-hydrogen) atoms. The topological polar surface area (TPSA) is 72.2 Å². The zero-order valence-corrected chi connectivity index (χ0v) is 10.9. The Hall–Kier alpha value is -0.900. The van der Waals surface area contributed by atoms with Gasteiger partial charge < -0.3 is 11.1 Å². The van der Waals surface area contributed by atoms with E-state index in [2.05, 4.69) is 19.2 Å². The summed E-state index contributed by atoms with van der Waals surface area (Å²) in [5.41, 5.74) is 4.32. The van der Waals surface area contributed by atoms with Gasteiger partial charge in [0.05, 0.1) is 5.41 Å². The van der Waals surface area contributed by atoms with Gasteiger partial charge in [-0.2, -0.15) is 0 Å². The van der Waals surface area contributed by atoms with Crippen molar-refractivity contribution in [2.45, 2.75) is 40.0 Å². The maximum absolute atomic E-state index is 12.4. The number of Topliss-reactive ketones (excluding diaryl/α,β-unsaturated/α-hetero) is 1. The van der Waals surface area contributed by atoms with Crippen LogP contribution in [-0.2, 0) is 9.59 Å². The van der Waals surface area contributed by atoms with E-state index in [1.165, 1.54) is 0 Å². The Kier molecular flexibility index (Phi) is 2.62. The number of amides is 1. The monoisotopic (exact) mass is 238 g/mol. The van der Waals surface area contributed by atoms with Gasteiger partial charge in [0.2, 0.25) is 5.91 Å². The SMILES string of the molecule is CC1(C)[C@]2(C(=O)NCCN)CC[C@@]1(C)C(=O)C2. The second-order valence-electron chi connectivity index (χ2n) is 6.18. The Morgan fingerprint density at radius 3 is 2.41 bits per heavy atom. The second kappa shape index (κ2) is 3.55. The lowest BCUT2D eigenvalue weighted by Gasteiger charge is -2.38. The molecule has 0 unspecified atom stereocenters. The van der Waals surface area contributed by atoms with Crippen molar-refractivity contribution in [3.63, 3.8) is 0 Å². The number of nitrogens with two attached hydrogens (primary N) is 1. The minimum Gasteiger partial charge on any atom is -0.354 e. The van der Waals surface area contributed by atoms with Crippen LogP contribution in [0.2, 0.25) is 0 Å². The Labute approximate surface area is 102 Å². The molecule has 2 saturated carbocycles. The molecule has 2 bridgehead atoms. The summed E-state index contributed by atoms with van der Waals surface area (Å²) in [6.45, 7) is 7.06. The van der Waals surface area contributed by atoms with Gasteiger partial charge in [-0.05, 0) is 18.3 Å². The molecular weight excluding hydrogens is 216 g/mol. The number of ketones is 1. The maximum atomic E-state index is 12.4. The molecule has 0 aromatic heterocycles. The van der Waals surface area contributed by atoms with Gasteiger partial charge in [0, 0.05) is 24.9 Å². The van der Waals surface area contributed by atoms with E-state index in [1.54, 1.807) is 0 Å². The smallest absolute Gasteiger partial charge is 0.227 e. The fourth-order valence-corrected chi connectivity index (χ4v) is 3.72. The summed E-state index contributed by atoms with van der Waals surface area (Å²) in [4.78, 5) is 24.5. The average Bonchev–Trinajstić information content (AvgIpc) is 2.56. The molecule has 0 aromatic carbocycles. The molecule has 0 saturated heterocycles. The summed E-state index contributed by atoms with van der Waals surface area (Å²) in [6.07, 6.45) is 2.04. The maximum Gasteiger partial charge on any atom is 0.227 e. The highest BCUT2D eigenvalue weighted by Gasteiger charge is 2.72. The van der Waals surface area contributed by atoms with Crippen molar-refractivity contribution in [3.05, 3.63) is 0 Å². The first kappa shape index (κ1) is 12.6. The summed E-state index contributed by atoms with van der Waals surface area (Å²) in [6, 6.07) is 0. The quantitative estimate of drug-likeness (QED) is 0.765. The predicted octanol–water partition coefficient (Wildman–Crippen LogP) is 0.847. The molecule has 0 heterocycles. The molecule has 3 N–H and O–H groups in total. The molecular formula is C13H22N2O2. The molecule has 1 amide bonds. The number of carbonyl (C=O) groups excluding carboxylic acids is 2. The van der Waals surface area contributed by atoms with Crippen LogP contribution < -0.4 is 11.1 Å². The van der Waals surface area contributed by atoms with Crippen LogP contribution in [0.5, 0.6) is 0 Å². The minimum absolute atomic E-state index is 0.0162. The van der Waals surface area contributed by atoms with Gasteiger partial charge in [-0.3, -0.25) is 9.59 Å². The van der Waals surface area contributed by atoms with Crippen molar-refractivity contribution in [3.8, 4) is 0 Å². The summed E-state index contributed by atoms with van der Waals surface area (Å²) in [5, 5.41) is 2.87. The molecule has 0 spiro atoms. The fourth-order valence-electron chi connectivity index (χ4n) is 3.72. The van der Waals surface area contributed by atoms with Crippen molar-refractivity contribution in [1.82, 2.24) is 5.32 Å². The molecule has 96 valence electrons. The fraction of sp³-hybridized carbons (Fsp3) is 0.846. The number of hydrogen-bond donors (Lipinski definition) is 2. The van der Waals surface area contributed by atoms with Crippen LogP contribution >= 0.6 is 0 Å². The standard InChI is InChI=1S/C13H22N2O2/c1-11(2)12(3)4-5-13(11,8-9(12)16)10(17)15-7-6-14/h4-8,14H2,1-3H3,(H,15,17)/t12-,13+/m0/s1. The van der Waals surface area contributed by atoms with Crippen LogP contribution in [0.1, 0.15) is 40.0 Å². The second-order valence-corrected chi connectivity index (χ2v) is 6.18. The Bertz CT molecular complexity index is 378. The highest BCUT2D eigenvalue weighted by molar-refractivity contribution is 5.99. The zero-order valence-electron chi connectivity index (χ0n) is 10.9. The molecule has 0 aliphatic heterocycles. The zero-order chi connectivity index (χ0) is 12.9. The largest absolute Gasteiger partial charge is 0.354 e. The third-order valence-corrected chi connectivity index (χ3v) is 5.57. The number of fused-ring (bicyclic) bond motifs is 2. The van der Waals surface area contributed by atoms with Crippen LogP contribution in [0, 0.1) is 16.2 Å². The van der Waals surface area contributed by atoms with Crippen LogP contribution in [-0.4, -0.2) is 24.8 Å². The van der Waals surface area contributed by atoms with Gasteiger partial charge in [-0.1, -0.05) is 20.8 Å². The van der Waals surface area contributed by atoms with Crippen molar-refractivity contribution < 1.29 is 9.59 Å². The van der Waals surface area contributed by atoms with E-state index in [9.17, 15) is 9.59 Å². The lowest BCUT2D eigenvalue weighted by Crippen LogP contribution is -2.47. The minimum atomic E-state index is -0.506. The summed E-state index contributed by atoms with van der Waals surface area (Å²) < 4.78 is 0. The normalized spacial score (nSPS) is 38.5. The van der Waals surface area contributed by atoms with Crippen molar-refractivity contribution in [2.75, 3.05) is 13.1 Å². The van der Waals surface area contributed by atoms with Gasteiger partial charge in [0.15, 0.2) is 0 Å². The average molecular weight is 238 g/mol. The Morgan fingerprint density at radius 1 is 1.35 bits per heavy atom. The molecule has 2 aliphatic rings. The van der Waals surface area contributed by atoms with E-state index in [-0.39, 0.29) is 22.5 Å². The highest BCUT2D eigenvalue weighted by atomic mass is 16.2. The van der Waals surface area contributed by atoms with E-state index in [0.29, 0.717) is 19.5 Å². The van der Waals surface area contributed by atoms with E-state index < -0.39 is 5.41 Å². The summed E-state index contributed by atoms with van der Waals surface area (Å²) in [7, 11) is 0. The van der Waals surface area contributed by atoms with Crippen LogP contribution in [0.25, 0.3) is 0 Å². The van der Waals surface area contributed by atoms with E-state index >= 15 is 0 Å². The predicted molar refractivity (Wildman–Crippen MR) is 65.2 cm³/mol. The van der Waals surface area contributed by atoms with Crippen molar-refractivity contribution in [2.24, 2.45) is 22.0 Å². The summed E-state index contributed by atoms with van der Waals surface area (Å²) in [5.74, 6) is 0.263. The molecule has 2 atom stereocenters. The lowest BCUT2D eigenvalue weighted by molar-refractivity contribution is -0.136. The van der Waals surface area contributed by atoms with Crippen molar-refractivity contribution >= 4 is 11.7 Å². The van der Waals surface area contributed by atoms with Gasteiger partial charge in [0.25, 0.3) is 0 Å². The molecule has 2 fully saturated rings. The van der Waals surface area contributed by atoms with E-state index in [0.717, 1.165) is 12.8 Å². The van der Waals surface area contributed by atoms with Gasteiger partial charge in [-0.25, -0.2) is 0 Å². The number of carbonyl (C=O) groups is 2. The first-order chi connectivity index (χ1) is 7.82. The first-order valence-electron chi connectivity index (χ1n) is 6.33. The van der Waals surface area contributed by atoms with Gasteiger partial charge >= 0.3 is 0 Å². The van der Waals surface area contributed by atoms with Crippen LogP contribution in [0.15, 0.2) is 0 Å². The Balaban J connectivity index is 2.33. The Morgan fingerprint density at radius 2 is 2.00 bits per heavy atom. The molecule has 4 heteroatoms. The molecule has 0 radical (unpaired) electrons. The molecule has 4 nitrogen and oxygen atoms in total. The van der Waals surface area contributed by atoms with Gasteiger partial charge in [0.1, 0.15) is 5.78 Å². The third-order valence-electron chi connectivity index (χ3n) is 5.57.